The Morgan fingerprint density at radius 1 is 0.824 bits per heavy atom. The van der Waals surface area contributed by atoms with Crippen LogP contribution in [0.3, 0.4) is 0 Å². The SMILES string of the molecule is CCCCCCCCCc1ccc(O)cc1.[MgH2]. The minimum atomic E-state index is 0. The zero-order valence-electron chi connectivity index (χ0n) is 10.4. The van der Waals surface area contributed by atoms with E-state index in [1.165, 1.54) is 50.5 Å². The predicted molar refractivity (Wildman–Crippen MR) is 78.3 cm³/mol. The van der Waals surface area contributed by atoms with Crippen molar-refractivity contribution in [3.05, 3.63) is 29.8 Å². The summed E-state index contributed by atoms with van der Waals surface area (Å²) >= 11 is 0. The third kappa shape index (κ3) is 8.50. The highest BCUT2D eigenvalue weighted by Crippen LogP contribution is 2.13. The third-order valence-corrected chi connectivity index (χ3v) is 3.01. The van der Waals surface area contributed by atoms with Gasteiger partial charge in [0.25, 0.3) is 0 Å². The summed E-state index contributed by atoms with van der Waals surface area (Å²) < 4.78 is 0. The van der Waals surface area contributed by atoms with Gasteiger partial charge in [0.2, 0.25) is 0 Å². The van der Waals surface area contributed by atoms with E-state index in [9.17, 15) is 0 Å². The molecule has 0 fully saturated rings. The molecule has 17 heavy (non-hydrogen) atoms. The Morgan fingerprint density at radius 2 is 1.35 bits per heavy atom. The van der Waals surface area contributed by atoms with Gasteiger partial charge in [-0.3, -0.25) is 0 Å². The van der Waals surface area contributed by atoms with Crippen molar-refractivity contribution in [1.82, 2.24) is 0 Å². The Bertz CT molecular complexity index is 269. The molecule has 0 aliphatic heterocycles. The molecule has 0 heterocycles. The number of phenolic OH excluding ortho intramolecular Hbond substituents is 1. The predicted octanol–water partition coefficient (Wildman–Crippen LogP) is 3.77. The van der Waals surface area contributed by atoms with Gasteiger partial charge in [0, 0.05) is 0 Å². The fourth-order valence-corrected chi connectivity index (χ4v) is 1.95. The van der Waals surface area contributed by atoms with Crippen LogP contribution in [-0.2, 0) is 6.42 Å². The molecule has 0 bridgehead atoms. The molecule has 0 saturated carbocycles. The zero-order valence-corrected chi connectivity index (χ0v) is 10.4. The number of hydrogen-bond donors (Lipinski definition) is 1. The highest BCUT2D eigenvalue weighted by atomic mass is 24.3. The molecule has 2 heteroatoms. The monoisotopic (exact) mass is 246 g/mol. The van der Waals surface area contributed by atoms with Crippen molar-refractivity contribution < 1.29 is 5.11 Å². The molecular formula is C15H26MgO. The van der Waals surface area contributed by atoms with Gasteiger partial charge >= 0.3 is 23.1 Å². The van der Waals surface area contributed by atoms with Crippen LogP contribution in [0.2, 0.25) is 0 Å². The van der Waals surface area contributed by atoms with Crippen molar-refractivity contribution in [2.75, 3.05) is 0 Å². The summed E-state index contributed by atoms with van der Waals surface area (Å²) in [4.78, 5) is 0. The Kier molecular flexibility index (Phi) is 10.8. The van der Waals surface area contributed by atoms with Crippen LogP contribution in [0.1, 0.15) is 57.4 Å². The number of rotatable bonds is 8. The Labute approximate surface area is 122 Å². The molecule has 1 N–H and O–H groups in total. The first-order valence-electron chi connectivity index (χ1n) is 6.61. The van der Waals surface area contributed by atoms with E-state index >= 15 is 0 Å². The minimum Gasteiger partial charge on any atom is -0.508 e. The highest BCUT2D eigenvalue weighted by Gasteiger charge is 1.94. The van der Waals surface area contributed by atoms with E-state index in [1.54, 1.807) is 12.1 Å². The van der Waals surface area contributed by atoms with Crippen LogP contribution in [0.5, 0.6) is 5.75 Å². The molecule has 0 aliphatic carbocycles. The molecule has 1 aromatic rings. The number of aromatic hydroxyl groups is 1. The molecule has 0 saturated heterocycles. The molecule has 1 aromatic carbocycles. The van der Waals surface area contributed by atoms with Crippen LogP contribution in [0.15, 0.2) is 24.3 Å². The summed E-state index contributed by atoms with van der Waals surface area (Å²) in [5, 5.41) is 9.15. The van der Waals surface area contributed by atoms with E-state index in [0.717, 1.165) is 6.42 Å². The van der Waals surface area contributed by atoms with Gasteiger partial charge in [-0.1, -0.05) is 57.6 Å². The number of hydrogen-bond acceptors (Lipinski definition) is 1. The summed E-state index contributed by atoms with van der Waals surface area (Å²) in [6.07, 6.45) is 10.6. The van der Waals surface area contributed by atoms with E-state index in [4.69, 9.17) is 5.11 Å². The average Bonchev–Trinajstić information content (AvgIpc) is 2.30. The molecule has 0 unspecified atom stereocenters. The van der Waals surface area contributed by atoms with E-state index in [0.29, 0.717) is 5.75 Å². The summed E-state index contributed by atoms with van der Waals surface area (Å²) in [6, 6.07) is 7.59. The molecule has 94 valence electrons. The largest absolute Gasteiger partial charge is 0.508 e. The van der Waals surface area contributed by atoms with E-state index in [2.05, 4.69) is 6.92 Å². The molecular weight excluding hydrogens is 220 g/mol. The van der Waals surface area contributed by atoms with Gasteiger partial charge in [0.15, 0.2) is 0 Å². The summed E-state index contributed by atoms with van der Waals surface area (Å²) in [7, 11) is 0. The first-order chi connectivity index (χ1) is 7.83. The van der Waals surface area contributed by atoms with Crippen molar-refractivity contribution in [2.45, 2.75) is 58.3 Å². The maximum absolute atomic E-state index is 9.15. The third-order valence-electron chi connectivity index (χ3n) is 3.01. The van der Waals surface area contributed by atoms with Crippen LogP contribution in [0.4, 0.5) is 0 Å². The number of aryl methyl sites for hydroxylation is 1. The first kappa shape index (κ1) is 16.8. The second-order valence-electron chi connectivity index (χ2n) is 4.54. The standard InChI is InChI=1S/C15H24O.Mg.2H/c1-2-3-4-5-6-7-8-9-14-10-12-15(16)13-11-14;;;/h10-13,16H,2-9H2,1H3;;;. The van der Waals surface area contributed by atoms with Crippen LogP contribution >= 0.6 is 0 Å². The lowest BCUT2D eigenvalue weighted by Crippen LogP contribution is -1.85. The van der Waals surface area contributed by atoms with Gasteiger partial charge in [-0.15, -0.1) is 0 Å². The van der Waals surface area contributed by atoms with Crippen molar-refractivity contribution in [3.8, 4) is 5.75 Å². The molecule has 1 nitrogen and oxygen atoms in total. The molecule has 0 atom stereocenters. The Morgan fingerprint density at radius 3 is 1.94 bits per heavy atom. The molecule has 0 aliphatic rings. The van der Waals surface area contributed by atoms with Crippen LogP contribution in [0, 0.1) is 0 Å². The summed E-state index contributed by atoms with van der Waals surface area (Å²) in [5.74, 6) is 0.364. The van der Waals surface area contributed by atoms with Gasteiger partial charge in [0.1, 0.15) is 5.75 Å². The summed E-state index contributed by atoms with van der Waals surface area (Å²) in [5.41, 5.74) is 1.34. The molecule has 1 rings (SSSR count). The van der Waals surface area contributed by atoms with Gasteiger partial charge in [0.05, 0.1) is 0 Å². The number of benzene rings is 1. The van der Waals surface area contributed by atoms with Gasteiger partial charge in [-0.05, 0) is 30.5 Å². The van der Waals surface area contributed by atoms with Gasteiger partial charge < -0.3 is 5.11 Å². The van der Waals surface area contributed by atoms with E-state index in [1.807, 2.05) is 12.1 Å². The fourth-order valence-electron chi connectivity index (χ4n) is 1.95. The maximum atomic E-state index is 9.15. The molecule has 0 radical (unpaired) electrons. The van der Waals surface area contributed by atoms with E-state index in [-0.39, 0.29) is 23.1 Å². The van der Waals surface area contributed by atoms with E-state index < -0.39 is 0 Å². The van der Waals surface area contributed by atoms with Crippen molar-refractivity contribution in [3.63, 3.8) is 0 Å². The lowest BCUT2D eigenvalue weighted by atomic mass is 10.0. The van der Waals surface area contributed by atoms with Gasteiger partial charge in [-0.2, -0.15) is 0 Å². The quantitative estimate of drug-likeness (QED) is 0.547. The molecule has 0 amide bonds. The second-order valence-corrected chi connectivity index (χ2v) is 4.54. The topological polar surface area (TPSA) is 20.2 Å². The first-order valence-corrected chi connectivity index (χ1v) is 6.61. The maximum Gasteiger partial charge on any atom is 0.316 e. The van der Waals surface area contributed by atoms with Crippen LogP contribution in [-0.4, -0.2) is 28.2 Å². The lowest BCUT2D eigenvalue weighted by Gasteiger charge is -2.02. The zero-order chi connectivity index (χ0) is 11.6. The van der Waals surface area contributed by atoms with Crippen molar-refractivity contribution in [1.29, 1.82) is 0 Å². The summed E-state index contributed by atoms with van der Waals surface area (Å²) in [6.45, 7) is 2.25. The van der Waals surface area contributed by atoms with Crippen LogP contribution in [0.25, 0.3) is 0 Å². The normalized spacial score (nSPS) is 9.94. The van der Waals surface area contributed by atoms with Gasteiger partial charge in [-0.25, -0.2) is 0 Å². The molecule has 0 aromatic heterocycles. The Hall–Kier alpha value is -0.214. The second kappa shape index (κ2) is 10.9. The minimum absolute atomic E-state index is 0. The van der Waals surface area contributed by atoms with Crippen molar-refractivity contribution >= 4 is 23.1 Å². The average molecular weight is 247 g/mol. The fraction of sp³-hybridized carbons (Fsp3) is 0.600. The smallest absolute Gasteiger partial charge is 0.316 e. The van der Waals surface area contributed by atoms with Crippen molar-refractivity contribution in [2.24, 2.45) is 0 Å². The molecule has 0 spiro atoms. The number of phenols is 1. The van der Waals surface area contributed by atoms with Crippen LogP contribution < -0.4 is 0 Å². The Balaban J connectivity index is 0.00000256. The lowest BCUT2D eigenvalue weighted by molar-refractivity contribution is 0.475. The number of unbranched alkanes of at least 4 members (excludes halogenated alkanes) is 6. The highest BCUT2D eigenvalue weighted by molar-refractivity contribution is 5.75.